The van der Waals surface area contributed by atoms with Crippen molar-refractivity contribution in [3.8, 4) is 0 Å². The second kappa shape index (κ2) is 9.91. The molecule has 25 heavy (non-hydrogen) atoms. The molecule has 138 valence electrons. The Morgan fingerprint density at radius 3 is 2.68 bits per heavy atom. The van der Waals surface area contributed by atoms with Crippen molar-refractivity contribution in [2.24, 2.45) is 11.8 Å². The average Bonchev–Trinajstić information content (AvgIpc) is 3.10. The monoisotopic (exact) mass is 341 g/mol. The minimum absolute atomic E-state index is 0.389. The molecule has 0 saturated heterocycles. The molecule has 0 aromatic heterocycles. The summed E-state index contributed by atoms with van der Waals surface area (Å²) in [6, 6.07) is 7.37. The van der Waals surface area contributed by atoms with E-state index in [-0.39, 0.29) is 0 Å². The lowest BCUT2D eigenvalue weighted by atomic mass is 9.86. The number of benzene rings is 1. The van der Waals surface area contributed by atoms with E-state index in [1.165, 1.54) is 48.8 Å². The predicted molar refractivity (Wildman–Crippen MR) is 108 cm³/mol. The number of aldehydes is 1. The number of allylic oxidation sites excluding steroid dienone is 1. The molecule has 2 nitrogen and oxygen atoms in total. The third-order valence-corrected chi connectivity index (χ3v) is 5.87. The quantitative estimate of drug-likeness (QED) is 0.593. The van der Waals surface area contributed by atoms with Crippen LogP contribution in [0.15, 0.2) is 24.8 Å². The number of hydrogen-bond acceptors (Lipinski definition) is 2. The van der Waals surface area contributed by atoms with E-state index >= 15 is 0 Å². The first-order valence-corrected chi connectivity index (χ1v) is 9.93. The van der Waals surface area contributed by atoms with Crippen molar-refractivity contribution in [1.29, 1.82) is 0 Å². The van der Waals surface area contributed by atoms with Gasteiger partial charge in [0.25, 0.3) is 0 Å². The highest BCUT2D eigenvalue weighted by Gasteiger charge is 2.19. The molecule has 2 rings (SSSR count). The largest absolute Gasteiger partial charge is 0.316 e. The highest BCUT2D eigenvalue weighted by Crippen LogP contribution is 2.30. The maximum Gasteiger partial charge on any atom is 0.120 e. The zero-order valence-electron chi connectivity index (χ0n) is 16.3. The van der Waals surface area contributed by atoms with Gasteiger partial charge in [0.2, 0.25) is 0 Å². The highest BCUT2D eigenvalue weighted by atomic mass is 16.1. The summed E-state index contributed by atoms with van der Waals surface area (Å²) < 4.78 is 0. The van der Waals surface area contributed by atoms with Crippen molar-refractivity contribution in [1.82, 2.24) is 5.32 Å². The number of nitrogens with one attached hydrogen (secondary N) is 1. The van der Waals surface area contributed by atoms with Gasteiger partial charge in [0.05, 0.1) is 0 Å². The van der Waals surface area contributed by atoms with Crippen LogP contribution in [0.4, 0.5) is 0 Å². The molecule has 0 aliphatic heterocycles. The van der Waals surface area contributed by atoms with Gasteiger partial charge in [-0.25, -0.2) is 0 Å². The van der Waals surface area contributed by atoms with Gasteiger partial charge in [0.15, 0.2) is 0 Å². The summed E-state index contributed by atoms with van der Waals surface area (Å²) >= 11 is 0. The van der Waals surface area contributed by atoms with Gasteiger partial charge in [0.1, 0.15) is 6.29 Å². The van der Waals surface area contributed by atoms with E-state index < -0.39 is 0 Å². The Kier molecular flexibility index (Phi) is 7.90. The standard InChI is InChI=1S/C23H35NO/c1-17(2)22-12-11-20(14-19-9-5-6-10-19)15-21(22)16-23(24-4)18(3)8-7-13-25/h11-13,15,18-19,23-24H,1,5-10,14,16H2,2-4H3. The number of likely N-dealkylation sites (N-methyl/N-ethyl adjacent to an activating group) is 1. The van der Waals surface area contributed by atoms with Crippen molar-refractivity contribution in [3.05, 3.63) is 41.5 Å². The molecule has 0 heterocycles. The summed E-state index contributed by atoms with van der Waals surface area (Å²) in [6.45, 7) is 8.52. The van der Waals surface area contributed by atoms with Crippen LogP contribution >= 0.6 is 0 Å². The van der Waals surface area contributed by atoms with E-state index in [1.807, 2.05) is 7.05 Å². The van der Waals surface area contributed by atoms with E-state index in [0.29, 0.717) is 18.4 Å². The molecule has 1 N–H and O–H groups in total. The van der Waals surface area contributed by atoms with Crippen LogP contribution in [0.25, 0.3) is 5.57 Å². The van der Waals surface area contributed by atoms with Gasteiger partial charge in [-0.3, -0.25) is 0 Å². The normalized spacial score (nSPS) is 17.4. The SMILES string of the molecule is C=C(C)c1ccc(CC2CCCC2)cc1CC(NC)C(C)CCC=O. The van der Waals surface area contributed by atoms with Crippen molar-refractivity contribution in [2.45, 2.75) is 71.3 Å². The molecular weight excluding hydrogens is 306 g/mol. The fourth-order valence-corrected chi connectivity index (χ4v) is 4.26. The van der Waals surface area contributed by atoms with Gasteiger partial charge < -0.3 is 10.1 Å². The van der Waals surface area contributed by atoms with Crippen LogP contribution in [0.3, 0.4) is 0 Å². The summed E-state index contributed by atoms with van der Waals surface area (Å²) in [5, 5.41) is 3.47. The van der Waals surface area contributed by atoms with E-state index in [4.69, 9.17) is 0 Å². The van der Waals surface area contributed by atoms with E-state index in [2.05, 4.69) is 43.9 Å². The smallest absolute Gasteiger partial charge is 0.120 e. The molecule has 1 aromatic carbocycles. The van der Waals surface area contributed by atoms with Crippen molar-refractivity contribution < 1.29 is 4.79 Å². The van der Waals surface area contributed by atoms with Crippen LogP contribution < -0.4 is 5.32 Å². The minimum atomic E-state index is 0.389. The second-order valence-electron chi connectivity index (χ2n) is 7.95. The Morgan fingerprint density at radius 1 is 1.36 bits per heavy atom. The molecule has 0 amide bonds. The molecular formula is C23H35NO. The van der Waals surface area contributed by atoms with E-state index in [1.54, 1.807) is 0 Å². The fraction of sp³-hybridized carbons (Fsp3) is 0.609. The van der Waals surface area contributed by atoms with Gasteiger partial charge in [0, 0.05) is 12.5 Å². The number of rotatable bonds is 10. The third-order valence-electron chi connectivity index (χ3n) is 5.87. The number of hydrogen-bond donors (Lipinski definition) is 1. The maximum atomic E-state index is 10.7. The zero-order valence-corrected chi connectivity index (χ0v) is 16.3. The lowest BCUT2D eigenvalue weighted by Gasteiger charge is -2.25. The lowest BCUT2D eigenvalue weighted by Crippen LogP contribution is -2.34. The Labute approximate surface area is 154 Å². The molecule has 0 spiro atoms. The molecule has 2 heteroatoms. The lowest BCUT2D eigenvalue weighted by molar-refractivity contribution is -0.108. The van der Waals surface area contributed by atoms with Crippen LogP contribution in [0, 0.1) is 11.8 Å². The van der Waals surface area contributed by atoms with Crippen LogP contribution in [0.5, 0.6) is 0 Å². The molecule has 1 aliphatic rings. The first-order valence-electron chi connectivity index (χ1n) is 9.93. The predicted octanol–water partition coefficient (Wildman–Crippen LogP) is 5.20. The van der Waals surface area contributed by atoms with Gasteiger partial charge in [-0.2, -0.15) is 0 Å². The van der Waals surface area contributed by atoms with Crippen LogP contribution in [-0.4, -0.2) is 19.4 Å². The summed E-state index contributed by atoms with van der Waals surface area (Å²) in [4.78, 5) is 10.7. The van der Waals surface area contributed by atoms with E-state index in [0.717, 1.165) is 30.6 Å². The molecule has 1 aromatic rings. The number of carbonyl (C=O) groups excluding carboxylic acids is 1. The second-order valence-corrected chi connectivity index (χ2v) is 7.95. The van der Waals surface area contributed by atoms with Gasteiger partial charge in [-0.15, -0.1) is 0 Å². The summed E-state index contributed by atoms with van der Waals surface area (Å²) in [6.07, 6.45) is 10.4. The summed E-state index contributed by atoms with van der Waals surface area (Å²) in [7, 11) is 2.03. The molecule has 0 radical (unpaired) electrons. The summed E-state index contributed by atoms with van der Waals surface area (Å²) in [5.74, 6) is 1.35. The third kappa shape index (κ3) is 5.81. The van der Waals surface area contributed by atoms with Crippen molar-refractivity contribution in [3.63, 3.8) is 0 Å². The summed E-state index contributed by atoms with van der Waals surface area (Å²) in [5.41, 5.74) is 5.30. The van der Waals surface area contributed by atoms with E-state index in [9.17, 15) is 4.79 Å². The van der Waals surface area contributed by atoms with Crippen molar-refractivity contribution in [2.75, 3.05) is 7.05 Å². The van der Waals surface area contributed by atoms with Crippen LogP contribution in [0.1, 0.15) is 69.1 Å². The Morgan fingerprint density at radius 2 is 2.08 bits per heavy atom. The van der Waals surface area contributed by atoms with Crippen molar-refractivity contribution >= 4 is 11.9 Å². The molecule has 0 bridgehead atoms. The average molecular weight is 342 g/mol. The Hall–Kier alpha value is -1.41. The molecule has 1 aliphatic carbocycles. The van der Waals surface area contributed by atoms with Gasteiger partial charge in [-0.05, 0) is 61.8 Å². The topological polar surface area (TPSA) is 29.1 Å². The Balaban J connectivity index is 2.16. The maximum absolute atomic E-state index is 10.7. The Bertz CT molecular complexity index is 571. The highest BCUT2D eigenvalue weighted by molar-refractivity contribution is 5.65. The van der Waals surface area contributed by atoms with Gasteiger partial charge in [-0.1, -0.05) is 63.0 Å². The zero-order chi connectivity index (χ0) is 18.2. The molecule has 1 saturated carbocycles. The number of carbonyl (C=O) groups is 1. The van der Waals surface area contributed by atoms with Gasteiger partial charge >= 0.3 is 0 Å². The minimum Gasteiger partial charge on any atom is -0.316 e. The van der Waals surface area contributed by atoms with Crippen LogP contribution in [0.2, 0.25) is 0 Å². The molecule has 1 fully saturated rings. The first-order chi connectivity index (χ1) is 12.0. The molecule has 2 atom stereocenters. The first kappa shape index (κ1) is 19.9. The van der Waals surface area contributed by atoms with Crippen LogP contribution in [-0.2, 0) is 17.6 Å². The fourth-order valence-electron chi connectivity index (χ4n) is 4.26. The molecule has 2 unspecified atom stereocenters.